The molecule has 8 heavy (non-hydrogen) atoms. The molecule has 0 aromatic heterocycles. The molecule has 0 rings (SSSR count). The van der Waals surface area contributed by atoms with E-state index in [1.165, 1.54) is 0 Å². The van der Waals surface area contributed by atoms with Gasteiger partial charge < -0.3 is 4.74 Å². The van der Waals surface area contributed by atoms with E-state index < -0.39 is 0 Å². The van der Waals surface area contributed by atoms with Crippen molar-refractivity contribution in [1.29, 1.82) is 0 Å². The highest BCUT2D eigenvalue weighted by Gasteiger charge is 1.84. The fraction of sp³-hybridized carbons (Fsp3) is 1.00. The molecule has 0 aliphatic carbocycles. The van der Waals surface area contributed by atoms with Gasteiger partial charge in [0.1, 0.15) is 0 Å². The Balaban J connectivity index is 2.53. The Morgan fingerprint density at radius 1 is 1.25 bits per heavy atom. The minimum Gasteiger partial charge on any atom is -0.385 e. The molecule has 2 nitrogen and oxygen atoms in total. The van der Waals surface area contributed by atoms with Crippen molar-refractivity contribution >= 4 is 0 Å². The summed E-state index contributed by atoms with van der Waals surface area (Å²) >= 11 is 0. The maximum atomic E-state index is 9.85. The molecule has 0 unspecified atom stereocenters. The number of ether oxygens (including phenoxy) is 1. The Hall–Kier alpha value is -0.0800. The lowest BCUT2D eigenvalue weighted by molar-refractivity contribution is 0.169. The van der Waals surface area contributed by atoms with Crippen molar-refractivity contribution in [3.8, 4) is 0 Å². The Morgan fingerprint density at radius 2 is 2.00 bits per heavy atom. The minimum absolute atomic E-state index is 0.0592. The average Bonchev–Trinajstić information content (AvgIpc) is 1.81. The van der Waals surface area contributed by atoms with Crippen molar-refractivity contribution in [2.24, 2.45) is 0 Å². The van der Waals surface area contributed by atoms with E-state index in [1.54, 1.807) is 7.11 Å². The molecule has 0 heterocycles. The molecule has 0 atom stereocenters. The molecular weight excluding hydrogens is 104 g/mol. The molecule has 0 fully saturated rings. The van der Waals surface area contributed by atoms with Gasteiger partial charge in [0.15, 0.2) is 0 Å². The number of methoxy groups -OCH3 is 1. The summed E-state index contributed by atoms with van der Waals surface area (Å²) < 4.78 is 4.79. The molecule has 0 saturated carbocycles. The molecule has 0 aliphatic rings. The van der Waals surface area contributed by atoms with Crippen molar-refractivity contribution in [2.75, 3.05) is 20.3 Å². The van der Waals surface area contributed by atoms with Gasteiger partial charge in [-0.1, -0.05) is 0 Å². The lowest BCUT2D eigenvalue weighted by Gasteiger charge is -1.94. The number of hydrogen-bond donors (Lipinski definition) is 0. The van der Waals surface area contributed by atoms with Gasteiger partial charge in [0.2, 0.25) is 0 Å². The normalized spacial score (nSPS) is 9.75. The van der Waals surface area contributed by atoms with Crippen molar-refractivity contribution in [1.82, 2.24) is 0 Å². The van der Waals surface area contributed by atoms with Gasteiger partial charge in [-0.2, -0.15) is 0 Å². The lowest BCUT2D eigenvalue weighted by Crippen LogP contribution is -1.88. The first-order valence-electron chi connectivity index (χ1n) is 2.99. The second kappa shape index (κ2) is 6.92. The fourth-order valence-electron chi connectivity index (χ4n) is 0.525. The van der Waals surface area contributed by atoms with Crippen molar-refractivity contribution in [2.45, 2.75) is 19.3 Å². The van der Waals surface area contributed by atoms with E-state index in [4.69, 9.17) is 4.74 Å². The van der Waals surface area contributed by atoms with Gasteiger partial charge in [0.25, 0.3) is 0 Å². The van der Waals surface area contributed by atoms with Gasteiger partial charge in [0, 0.05) is 13.7 Å². The molecule has 0 aromatic rings. The van der Waals surface area contributed by atoms with Crippen LogP contribution in [-0.2, 0) is 9.84 Å². The van der Waals surface area contributed by atoms with Crippen LogP contribution in [-0.4, -0.2) is 20.3 Å². The first kappa shape index (κ1) is 7.92. The smallest absolute Gasteiger partial charge is 0.0822 e. The highest BCUT2D eigenvalue weighted by Crippen LogP contribution is 1.92. The molecule has 0 spiro atoms. The van der Waals surface area contributed by atoms with Gasteiger partial charge in [-0.05, 0) is 19.3 Å². The van der Waals surface area contributed by atoms with E-state index in [0.717, 1.165) is 25.9 Å². The van der Waals surface area contributed by atoms with Crippen LogP contribution in [0.5, 0.6) is 0 Å². The summed E-state index contributed by atoms with van der Waals surface area (Å²) in [4.78, 5) is 0. The fourth-order valence-corrected chi connectivity index (χ4v) is 0.525. The van der Waals surface area contributed by atoms with Crippen LogP contribution in [0.1, 0.15) is 19.3 Å². The summed E-state index contributed by atoms with van der Waals surface area (Å²) in [7, 11) is 1.68. The first-order valence-corrected chi connectivity index (χ1v) is 2.99. The van der Waals surface area contributed by atoms with E-state index >= 15 is 0 Å². The molecular formula is C6H13O2. The summed E-state index contributed by atoms with van der Waals surface area (Å²) in [5.41, 5.74) is 0. The summed E-state index contributed by atoms with van der Waals surface area (Å²) in [6.07, 6.45) is 2.83. The van der Waals surface area contributed by atoms with Gasteiger partial charge in [-0.15, -0.1) is 0 Å². The van der Waals surface area contributed by atoms with Crippen LogP contribution in [0, 0.1) is 0 Å². The van der Waals surface area contributed by atoms with Gasteiger partial charge in [-0.3, -0.25) is 0 Å². The summed E-state index contributed by atoms with van der Waals surface area (Å²) in [5, 5.41) is 9.85. The highest BCUT2D eigenvalue weighted by atomic mass is 16.5. The summed E-state index contributed by atoms with van der Waals surface area (Å²) in [5.74, 6) is 0. The number of hydrogen-bond acceptors (Lipinski definition) is 1. The van der Waals surface area contributed by atoms with Crippen molar-refractivity contribution < 1.29 is 9.84 Å². The van der Waals surface area contributed by atoms with E-state index in [-0.39, 0.29) is 6.61 Å². The Labute approximate surface area is 50.5 Å². The van der Waals surface area contributed by atoms with Gasteiger partial charge in [-0.25, -0.2) is 5.11 Å². The number of unbranched alkanes of at least 4 members (excludes halogenated alkanes) is 2. The molecule has 0 saturated heterocycles. The van der Waals surface area contributed by atoms with Crippen LogP contribution < -0.4 is 0 Å². The maximum absolute atomic E-state index is 9.85. The van der Waals surface area contributed by atoms with E-state index in [2.05, 4.69) is 0 Å². The van der Waals surface area contributed by atoms with Crippen LogP contribution in [0.3, 0.4) is 0 Å². The largest absolute Gasteiger partial charge is 0.385 e. The molecule has 0 amide bonds. The summed E-state index contributed by atoms with van der Waals surface area (Å²) in [6.45, 7) is 0.851. The van der Waals surface area contributed by atoms with E-state index in [1.807, 2.05) is 0 Å². The average molecular weight is 117 g/mol. The molecule has 2 heteroatoms. The van der Waals surface area contributed by atoms with Crippen molar-refractivity contribution in [3.63, 3.8) is 0 Å². The second-order valence-corrected chi connectivity index (χ2v) is 1.76. The Bertz CT molecular complexity index is 31.5. The Morgan fingerprint density at radius 3 is 2.50 bits per heavy atom. The zero-order chi connectivity index (χ0) is 6.24. The van der Waals surface area contributed by atoms with Crippen molar-refractivity contribution in [3.05, 3.63) is 0 Å². The lowest BCUT2D eigenvalue weighted by atomic mass is 10.2. The third-order valence-electron chi connectivity index (χ3n) is 0.993. The number of rotatable bonds is 5. The van der Waals surface area contributed by atoms with Crippen LogP contribution in [0.15, 0.2) is 0 Å². The van der Waals surface area contributed by atoms with Crippen LogP contribution in [0.4, 0.5) is 0 Å². The second-order valence-electron chi connectivity index (χ2n) is 1.76. The highest BCUT2D eigenvalue weighted by molar-refractivity contribution is 4.36. The predicted molar refractivity (Wildman–Crippen MR) is 31.3 cm³/mol. The SMILES string of the molecule is COCCCCC[O]. The molecule has 0 aromatic carbocycles. The van der Waals surface area contributed by atoms with E-state index in [9.17, 15) is 5.11 Å². The quantitative estimate of drug-likeness (QED) is 0.498. The molecule has 0 bridgehead atoms. The third-order valence-corrected chi connectivity index (χ3v) is 0.993. The molecule has 0 aliphatic heterocycles. The maximum Gasteiger partial charge on any atom is 0.0822 e. The van der Waals surface area contributed by atoms with Crippen LogP contribution in [0.2, 0.25) is 0 Å². The zero-order valence-corrected chi connectivity index (χ0v) is 5.35. The Kier molecular flexibility index (Phi) is 6.85. The predicted octanol–water partition coefficient (Wildman–Crippen LogP) is 1.23. The summed E-state index contributed by atoms with van der Waals surface area (Å²) in [6, 6.07) is 0. The monoisotopic (exact) mass is 117 g/mol. The topological polar surface area (TPSA) is 29.1 Å². The molecule has 0 N–H and O–H groups in total. The molecule has 1 radical (unpaired) electrons. The third kappa shape index (κ3) is 5.92. The van der Waals surface area contributed by atoms with Gasteiger partial charge >= 0.3 is 0 Å². The minimum atomic E-state index is 0.0592. The molecule has 49 valence electrons. The first-order chi connectivity index (χ1) is 3.91. The van der Waals surface area contributed by atoms with Crippen LogP contribution in [0.25, 0.3) is 0 Å². The van der Waals surface area contributed by atoms with Gasteiger partial charge in [0.05, 0.1) is 6.61 Å². The zero-order valence-electron chi connectivity index (χ0n) is 5.35. The van der Waals surface area contributed by atoms with E-state index in [0.29, 0.717) is 0 Å². The standard InChI is InChI=1S/C6H13O2/c1-8-6-4-2-3-5-7/h2-6H2,1H3. The van der Waals surface area contributed by atoms with Crippen LogP contribution >= 0.6 is 0 Å².